The van der Waals surface area contributed by atoms with Crippen LogP contribution in [0.4, 0.5) is 34.1 Å². The zero-order valence-electron chi connectivity index (χ0n) is 24.0. The van der Waals surface area contributed by atoms with Crippen molar-refractivity contribution in [1.82, 2.24) is 0 Å². The van der Waals surface area contributed by atoms with Crippen LogP contribution in [-0.2, 0) is 0 Å². The molecule has 246 valence electrons. The monoisotopic (exact) mass is 910 g/mol. The second kappa shape index (κ2) is 15.1. The Morgan fingerprint density at radius 2 is 1.04 bits per heavy atom. The largest absolute Gasteiger partial charge is 0.372 e. The predicted octanol–water partition coefficient (Wildman–Crippen LogP) is 8.57. The summed E-state index contributed by atoms with van der Waals surface area (Å²) in [5, 5.41) is 41.9. The number of nitro groups is 3. The molecule has 19 heteroatoms. The molecule has 0 aliphatic rings. The topological polar surface area (TPSA) is 217 Å². The van der Waals surface area contributed by atoms with E-state index in [2.05, 4.69) is 79.7 Å². The molecule has 2 amide bonds. The van der Waals surface area contributed by atoms with Crippen molar-refractivity contribution in [2.75, 3.05) is 22.5 Å². The van der Waals surface area contributed by atoms with Crippen molar-refractivity contribution >= 4 is 115 Å². The molecule has 0 unspecified atom stereocenters. The normalized spacial score (nSPS) is 10.6. The summed E-state index contributed by atoms with van der Waals surface area (Å²) in [5.74, 6) is -2.23. The molecule has 0 spiro atoms. The fourth-order valence-electron chi connectivity index (χ4n) is 4.21. The van der Waals surface area contributed by atoms with Gasteiger partial charge in [0.2, 0.25) is 0 Å². The maximum atomic E-state index is 13.5. The first-order valence-electron chi connectivity index (χ1n) is 13.1. The lowest BCUT2D eigenvalue weighted by atomic mass is 10.0. The van der Waals surface area contributed by atoms with E-state index in [-0.39, 0.29) is 68.7 Å². The fourth-order valence-corrected chi connectivity index (χ4v) is 6.93. The van der Waals surface area contributed by atoms with Gasteiger partial charge in [0.25, 0.3) is 28.9 Å². The van der Waals surface area contributed by atoms with Gasteiger partial charge in [0.1, 0.15) is 5.69 Å². The van der Waals surface area contributed by atoms with E-state index in [1.54, 1.807) is 13.0 Å². The summed E-state index contributed by atoms with van der Waals surface area (Å²) in [5.41, 5.74) is -0.255. The van der Waals surface area contributed by atoms with Crippen molar-refractivity contribution in [2.24, 2.45) is 0 Å². The van der Waals surface area contributed by atoms with Gasteiger partial charge in [0.15, 0.2) is 5.78 Å². The molecule has 0 saturated carbocycles. The lowest BCUT2D eigenvalue weighted by Gasteiger charge is -2.14. The number of nitrogens with zero attached hydrogens (tertiary/aromatic N) is 3. The van der Waals surface area contributed by atoms with Crippen LogP contribution >= 0.6 is 63.7 Å². The molecule has 0 radical (unpaired) electrons. The number of ketones is 1. The van der Waals surface area contributed by atoms with Crippen molar-refractivity contribution in [3.8, 4) is 0 Å². The Balaban J connectivity index is 1.72. The Kier molecular flexibility index (Phi) is 11.4. The van der Waals surface area contributed by atoms with E-state index < -0.39 is 38.9 Å². The zero-order chi connectivity index (χ0) is 35.4. The number of anilines is 3. The van der Waals surface area contributed by atoms with Crippen molar-refractivity contribution in [3.63, 3.8) is 0 Å². The summed E-state index contributed by atoms with van der Waals surface area (Å²) >= 11 is 12.8. The number of carbonyl (C=O) groups is 3. The lowest BCUT2D eigenvalue weighted by molar-refractivity contribution is -0.385. The van der Waals surface area contributed by atoms with Crippen LogP contribution in [0.1, 0.15) is 36.6 Å². The van der Waals surface area contributed by atoms with E-state index in [0.29, 0.717) is 5.56 Å². The van der Waals surface area contributed by atoms with E-state index >= 15 is 0 Å². The summed E-state index contributed by atoms with van der Waals surface area (Å²) in [6.45, 7) is 1.22. The molecule has 0 aromatic heterocycles. The molecular weight excluding hydrogens is 896 g/mol. The standard InChI is InChI=1S/C29H18Br4N6O9/c1-13-2-3-23(24(4-13)39(47)48)34-12-25(40)14-5-15(28(41)35-26-19(30)8-17(37(43)44)9-20(26)31)7-16(6-14)29(42)36-27-21(32)10-18(38(45)46)11-22(27)33/h2-11,34H,12H2,1H3,(H,35,41)(H,36,42). The van der Waals surface area contributed by atoms with Gasteiger partial charge in [0, 0.05) is 64.9 Å². The molecule has 0 atom stereocenters. The number of Topliss-reactive ketones (excluding diaryl/α,β-unsaturated/α-hetero) is 1. The Morgan fingerprint density at radius 3 is 1.44 bits per heavy atom. The van der Waals surface area contributed by atoms with Gasteiger partial charge in [-0.05, 0) is 100 Å². The van der Waals surface area contributed by atoms with E-state index in [4.69, 9.17) is 0 Å². The molecule has 0 fully saturated rings. The second-order valence-corrected chi connectivity index (χ2v) is 13.3. The van der Waals surface area contributed by atoms with Crippen molar-refractivity contribution in [3.05, 3.63) is 131 Å². The van der Waals surface area contributed by atoms with Gasteiger partial charge < -0.3 is 16.0 Å². The quantitative estimate of drug-likeness (QED) is 0.0740. The first kappa shape index (κ1) is 36.2. The molecule has 3 N–H and O–H groups in total. The molecular formula is C29H18Br4N6O9. The predicted molar refractivity (Wildman–Crippen MR) is 190 cm³/mol. The van der Waals surface area contributed by atoms with Gasteiger partial charge in [-0.2, -0.15) is 0 Å². The average molecular weight is 914 g/mol. The highest BCUT2D eigenvalue weighted by molar-refractivity contribution is 9.11. The Morgan fingerprint density at radius 1 is 0.625 bits per heavy atom. The first-order chi connectivity index (χ1) is 22.5. The number of amides is 2. The van der Waals surface area contributed by atoms with E-state index in [1.807, 2.05) is 0 Å². The third-order valence-corrected chi connectivity index (χ3v) is 9.02. The van der Waals surface area contributed by atoms with Gasteiger partial charge >= 0.3 is 0 Å². The number of benzene rings is 4. The van der Waals surface area contributed by atoms with Gasteiger partial charge in [-0.3, -0.25) is 44.7 Å². The maximum absolute atomic E-state index is 13.5. The highest BCUT2D eigenvalue weighted by Gasteiger charge is 2.23. The molecule has 0 heterocycles. The van der Waals surface area contributed by atoms with Gasteiger partial charge in [-0.15, -0.1) is 0 Å². The van der Waals surface area contributed by atoms with Gasteiger partial charge in [-0.25, -0.2) is 0 Å². The molecule has 4 aromatic rings. The second-order valence-electron chi connectivity index (χ2n) is 9.84. The number of nitro benzene ring substituents is 3. The number of rotatable bonds is 11. The lowest BCUT2D eigenvalue weighted by Crippen LogP contribution is -2.20. The minimum absolute atomic E-state index is 0.0755. The van der Waals surface area contributed by atoms with Crippen LogP contribution in [0.15, 0.2) is 78.6 Å². The third kappa shape index (κ3) is 8.46. The summed E-state index contributed by atoms with van der Waals surface area (Å²) in [4.78, 5) is 72.5. The highest BCUT2D eigenvalue weighted by atomic mass is 79.9. The van der Waals surface area contributed by atoms with Crippen molar-refractivity contribution in [1.29, 1.82) is 0 Å². The van der Waals surface area contributed by atoms with Crippen LogP contribution < -0.4 is 16.0 Å². The van der Waals surface area contributed by atoms with Crippen LogP contribution in [0.2, 0.25) is 0 Å². The summed E-state index contributed by atoms with van der Waals surface area (Å²) in [6, 6.07) is 12.7. The SMILES string of the molecule is Cc1ccc(NCC(=O)c2cc(C(=O)Nc3c(Br)cc([N+](=O)[O-])cc3Br)cc(C(=O)Nc3c(Br)cc([N+](=O)[O-])cc3Br)c2)c([N+](=O)[O-])c1. The smallest absolute Gasteiger partial charge is 0.292 e. The number of hydrogen-bond donors (Lipinski definition) is 3. The van der Waals surface area contributed by atoms with E-state index in [1.165, 1.54) is 54.6 Å². The number of non-ortho nitro benzene ring substituents is 2. The molecule has 0 aliphatic carbocycles. The number of nitrogens with one attached hydrogen (secondary N) is 3. The van der Waals surface area contributed by atoms with Crippen LogP contribution in [0.25, 0.3) is 0 Å². The van der Waals surface area contributed by atoms with Gasteiger partial charge in [-0.1, -0.05) is 6.07 Å². The minimum atomic E-state index is -0.797. The molecule has 0 aliphatic heterocycles. The van der Waals surface area contributed by atoms with E-state index in [0.717, 1.165) is 0 Å². The number of aryl methyl sites for hydroxylation is 1. The summed E-state index contributed by atoms with van der Waals surface area (Å²) in [7, 11) is 0. The summed E-state index contributed by atoms with van der Waals surface area (Å²) in [6.07, 6.45) is 0. The molecule has 15 nitrogen and oxygen atoms in total. The average Bonchev–Trinajstić information content (AvgIpc) is 3.02. The molecule has 0 saturated heterocycles. The van der Waals surface area contributed by atoms with Crippen LogP contribution in [0.3, 0.4) is 0 Å². The molecule has 48 heavy (non-hydrogen) atoms. The third-order valence-electron chi connectivity index (χ3n) is 6.52. The maximum Gasteiger partial charge on any atom is 0.292 e. The molecule has 4 aromatic carbocycles. The first-order valence-corrected chi connectivity index (χ1v) is 16.3. The molecule has 0 bridgehead atoms. The summed E-state index contributed by atoms with van der Waals surface area (Å²) < 4.78 is 0.663. The van der Waals surface area contributed by atoms with Crippen LogP contribution in [0, 0.1) is 37.3 Å². The zero-order valence-corrected chi connectivity index (χ0v) is 30.4. The van der Waals surface area contributed by atoms with E-state index in [9.17, 15) is 44.7 Å². The van der Waals surface area contributed by atoms with Crippen molar-refractivity contribution in [2.45, 2.75) is 6.92 Å². The van der Waals surface area contributed by atoms with Crippen LogP contribution in [-0.4, -0.2) is 38.9 Å². The fraction of sp³-hybridized carbons (Fsp3) is 0.0690. The Labute approximate surface area is 303 Å². The van der Waals surface area contributed by atoms with Gasteiger partial charge in [0.05, 0.1) is 32.7 Å². The number of hydrogen-bond acceptors (Lipinski definition) is 10. The minimum Gasteiger partial charge on any atom is -0.372 e. The number of halogens is 4. The Bertz CT molecular complexity index is 1910. The molecule has 4 rings (SSSR count). The number of carbonyl (C=O) groups excluding carboxylic acids is 3. The highest BCUT2D eigenvalue weighted by Crippen LogP contribution is 2.37. The Hall–Kier alpha value is -4.59. The van der Waals surface area contributed by atoms with Crippen molar-refractivity contribution < 1.29 is 29.2 Å². The van der Waals surface area contributed by atoms with Crippen LogP contribution in [0.5, 0.6) is 0 Å².